The molecule has 1 aliphatic heterocycles. The first kappa shape index (κ1) is 21.9. The smallest absolute Gasteiger partial charge is 0.271 e. The molecule has 0 N–H and O–H groups in total. The number of ether oxygens (including phenoxy) is 1. The Bertz CT molecular complexity index is 1170. The van der Waals surface area contributed by atoms with Crippen molar-refractivity contribution in [2.24, 2.45) is 0 Å². The van der Waals surface area contributed by atoms with Gasteiger partial charge in [0.2, 0.25) is 0 Å². The fourth-order valence-electron chi connectivity index (χ4n) is 3.56. The molecule has 0 spiro atoms. The summed E-state index contributed by atoms with van der Waals surface area (Å²) in [6, 6.07) is 16.1. The van der Waals surface area contributed by atoms with Crippen molar-refractivity contribution in [3.8, 4) is 11.4 Å². The topological polar surface area (TPSA) is 67.7 Å². The highest BCUT2D eigenvalue weighted by atomic mass is 35.5. The highest BCUT2D eigenvalue weighted by Gasteiger charge is 2.23. The molecular formula is C24H25ClN4O3. The van der Waals surface area contributed by atoms with E-state index in [1.807, 2.05) is 32.0 Å². The van der Waals surface area contributed by atoms with E-state index >= 15 is 0 Å². The van der Waals surface area contributed by atoms with E-state index in [0.29, 0.717) is 42.8 Å². The number of carbonyl (C=O) groups excluding carboxylic acids is 1. The molecule has 1 aromatic heterocycles. The Balaban J connectivity index is 1.38. The monoisotopic (exact) mass is 452 g/mol. The molecule has 1 aliphatic rings. The second-order valence-corrected chi connectivity index (χ2v) is 8.26. The second kappa shape index (κ2) is 9.44. The van der Waals surface area contributed by atoms with Crippen LogP contribution in [-0.4, -0.2) is 53.4 Å². The third-order valence-electron chi connectivity index (χ3n) is 5.65. The van der Waals surface area contributed by atoms with Crippen LogP contribution in [0.25, 0.3) is 5.69 Å². The Labute approximate surface area is 191 Å². The van der Waals surface area contributed by atoms with E-state index in [-0.39, 0.29) is 18.1 Å². The van der Waals surface area contributed by atoms with Crippen molar-refractivity contribution >= 4 is 23.3 Å². The number of nitrogens with zero attached hydrogens (tertiary/aromatic N) is 4. The fraction of sp³-hybridized carbons (Fsp3) is 0.292. The van der Waals surface area contributed by atoms with Crippen molar-refractivity contribution in [1.82, 2.24) is 14.7 Å². The first-order chi connectivity index (χ1) is 15.4. The van der Waals surface area contributed by atoms with Crippen LogP contribution in [0.2, 0.25) is 5.02 Å². The number of amides is 1. The third-order valence-corrected chi connectivity index (χ3v) is 5.91. The van der Waals surface area contributed by atoms with Crippen LogP contribution in [0.3, 0.4) is 0 Å². The molecule has 1 fully saturated rings. The Morgan fingerprint density at radius 1 is 0.969 bits per heavy atom. The number of benzene rings is 2. The molecule has 4 rings (SSSR count). The van der Waals surface area contributed by atoms with Gasteiger partial charge in [0.1, 0.15) is 11.6 Å². The Morgan fingerprint density at radius 3 is 2.38 bits per heavy atom. The van der Waals surface area contributed by atoms with Gasteiger partial charge in [-0.05, 0) is 67.4 Å². The average molecular weight is 453 g/mol. The van der Waals surface area contributed by atoms with Gasteiger partial charge in [-0.3, -0.25) is 9.59 Å². The minimum Gasteiger partial charge on any atom is -0.484 e. The van der Waals surface area contributed by atoms with Crippen LogP contribution >= 0.6 is 11.6 Å². The predicted molar refractivity (Wildman–Crippen MR) is 125 cm³/mol. The van der Waals surface area contributed by atoms with Gasteiger partial charge in [-0.15, -0.1) is 5.10 Å². The molecule has 166 valence electrons. The van der Waals surface area contributed by atoms with Crippen molar-refractivity contribution in [1.29, 1.82) is 0 Å². The third kappa shape index (κ3) is 4.94. The van der Waals surface area contributed by atoms with E-state index in [4.69, 9.17) is 16.3 Å². The quantitative estimate of drug-likeness (QED) is 0.594. The average Bonchev–Trinajstić information content (AvgIpc) is 2.81. The van der Waals surface area contributed by atoms with E-state index in [1.165, 1.54) is 16.3 Å². The minimum absolute atomic E-state index is 0.0163. The second-order valence-electron chi connectivity index (χ2n) is 7.82. The molecule has 0 aliphatic carbocycles. The molecule has 0 atom stereocenters. The predicted octanol–water partition coefficient (Wildman–Crippen LogP) is 3.23. The summed E-state index contributed by atoms with van der Waals surface area (Å²) in [5, 5.41) is 5.20. The van der Waals surface area contributed by atoms with E-state index in [1.54, 1.807) is 35.2 Å². The molecule has 32 heavy (non-hydrogen) atoms. The van der Waals surface area contributed by atoms with Gasteiger partial charge in [-0.1, -0.05) is 17.7 Å². The van der Waals surface area contributed by atoms with Crippen molar-refractivity contribution in [2.75, 3.05) is 37.7 Å². The maximum Gasteiger partial charge on any atom is 0.271 e. The largest absolute Gasteiger partial charge is 0.484 e. The molecule has 8 heteroatoms. The zero-order valence-corrected chi connectivity index (χ0v) is 18.9. The number of hydrogen-bond acceptors (Lipinski definition) is 5. The van der Waals surface area contributed by atoms with Crippen LogP contribution < -0.4 is 15.2 Å². The first-order valence-corrected chi connectivity index (χ1v) is 10.9. The number of rotatable bonds is 5. The van der Waals surface area contributed by atoms with Crippen LogP contribution in [-0.2, 0) is 4.79 Å². The zero-order valence-electron chi connectivity index (χ0n) is 18.1. The number of hydrogen-bond donors (Lipinski definition) is 0. The lowest BCUT2D eigenvalue weighted by Gasteiger charge is -2.35. The Morgan fingerprint density at radius 2 is 1.69 bits per heavy atom. The molecular weight excluding hydrogens is 428 g/mol. The highest BCUT2D eigenvalue weighted by Crippen LogP contribution is 2.17. The minimum atomic E-state index is -0.176. The Hall–Kier alpha value is -3.32. The number of piperazine rings is 1. The summed E-state index contributed by atoms with van der Waals surface area (Å²) in [6.45, 7) is 6.42. The lowest BCUT2D eigenvalue weighted by Crippen LogP contribution is -2.50. The van der Waals surface area contributed by atoms with Gasteiger partial charge < -0.3 is 14.5 Å². The van der Waals surface area contributed by atoms with Crippen LogP contribution in [0.15, 0.2) is 59.4 Å². The summed E-state index contributed by atoms with van der Waals surface area (Å²) in [5.41, 5.74) is 2.84. The Kier molecular flexibility index (Phi) is 6.46. The highest BCUT2D eigenvalue weighted by molar-refractivity contribution is 6.30. The van der Waals surface area contributed by atoms with Crippen molar-refractivity contribution in [2.45, 2.75) is 13.8 Å². The molecule has 0 bridgehead atoms. The number of halogens is 1. The lowest BCUT2D eigenvalue weighted by atomic mass is 10.1. The standard InChI is InChI=1S/C24H25ClN4O3/c1-17-3-6-20(15-18(17)2)29-23(30)10-9-22(26-29)27-11-13-28(14-12-27)24(31)16-32-21-7-4-19(25)5-8-21/h3-10,15H,11-14,16H2,1-2H3. The van der Waals surface area contributed by atoms with Gasteiger partial charge in [-0.2, -0.15) is 4.68 Å². The maximum atomic E-state index is 12.5. The molecule has 0 radical (unpaired) electrons. The summed E-state index contributed by atoms with van der Waals surface area (Å²) in [4.78, 5) is 28.8. The van der Waals surface area contributed by atoms with E-state index in [2.05, 4.69) is 10.00 Å². The van der Waals surface area contributed by atoms with E-state index in [0.717, 1.165) is 11.3 Å². The van der Waals surface area contributed by atoms with Crippen LogP contribution in [0.1, 0.15) is 11.1 Å². The van der Waals surface area contributed by atoms with Gasteiger partial charge in [0, 0.05) is 37.3 Å². The van der Waals surface area contributed by atoms with E-state index in [9.17, 15) is 9.59 Å². The van der Waals surface area contributed by atoms with Crippen molar-refractivity contribution < 1.29 is 9.53 Å². The molecule has 7 nitrogen and oxygen atoms in total. The summed E-state index contributed by atoms with van der Waals surface area (Å²) in [5.74, 6) is 1.26. The summed E-state index contributed by atoms with van der Waals surface area (Å²) < 4.78 is 7.00. The lowest BCUT2D eigenvalue weighted by molar-refractivity contribution is -0.133. The number of aromatic nitrogens is 2. The normalized spacial score (nSPS) is 13.8. The summed E-state index contributed by atoms with van der Waals surface area (Å²) in [6.07, 6.45) is 0. The van der Waals surface area contributed by atoms with Crippen LogP contribution in [0, 0.1) is 13.8 Å². The van der Waals surface area contributed by atoms with Crippen LogP contribution in [0.5, 0.6) is 5.75 Å². The summed E-state index contributed by atoms with van der Waals surface area (Å²) >= 11 is 5.87. The number of aryl methyl sites for hydroxylation is 2. The maximum absolute atomic E-state index is 12.5. The molecule has 1 amide bonds. The number of carbonyl (C=O) groups is 1. The van der Waals surface area contributed by atoms with Gasteiger partial charge in [0.05, 0.1) is 5.69 Å². The molecule has 1 saturated heterocycles. The van der Waals surface area contributed by atoms with Crippen LogP contribution in [0.4, 0.5) is 5.82 Å². The molecule has 3 aromatic rings. The van der Waals surface area contributed by atoms with Crippen molar-refractivity contribution in [3.63, 3.8) is 0 Å². The molecule has 2 aromatic carbocycles. The molecule has 2 heterocycles. The number of anilines is 1. The van der Waals surface area contributed by atoms with Crippen molar-refractivity contribution in [3.05, 3.63) is 81.1 Å². The zero-order chi connectivity index (χ0) is 22.7. The molecule has 0 saturated carbocycles. The van der Waals surface area contributed by atoms with Gasteiger partial charge >= 0.3 is 0 Å². The van der Waals surface area contributed by atoms with Gasteiger partial charge in [-0.25, -0.2) is 0 Å². The fourth-order valence-corrected chi connectivity index (χ4v) is 3.69. The SMILES string of the molecule is Cc1ccc(-n2nc(N3CCN(C(=O)COc4ccc(Cl)cc4)CC3)ccc2=O)cc1C. The van der Waals surface area contributed by atoms with E-state index < -0.39 is 0 Å². The first-order valence-electron chi connectivity index (χ1n) is 10.5. The van der Waals surface area contributed by atoms with Gasteiger partial charge in [0.25, 0.3) is 11.5 Å². The summed E-state index contributed by atoms with van der Waals surface area (Å²) in [7, 11) is 0. The van der Waals surface area contributed by atoms with Gasteiger partial charge in [0.15, 0.2) is 6.61 Å². The molecule has 0 unspecified atom stereocenters.